The summed E-state index contributed by atoms with van der Waals surface area (Å²) in [6, 6.07) is 0. The molecule has 0 spiro atoms. The Kier molecular flexibility index (Phi) is 8.68. The molecule has 10 heteroatoms. The standard InChI is InChI=1S/C16H28N6OS2.HI/c1-3-13-19-15(25-20-13)22-8-6-21(7-9-22)14(17-4-2)18-11-16(23)5-10-24-12-16;/h23H,3-12H2,1-2H3,(H,17,18);1H. The van der Waals surface area contributed by atoms with E-state index in [4.69, 9.17) is 4.99 Å². The molecule has 26 heavy (non-hydrogen) atoms. The topological polar surface area (TPSA) is 76.9 Å². The molecule has 148 valence electrons. The Hall–Kier alpha value is -0.330. The van der Waals surface area contributed by atoms with Crippen molar-refractivity contribution in [1.29, 1.82) is 0 Å². The van der Waals surface area contributed by atoms with Gasteiger partial charge in [0.2, 0.25) is 5.13 Å². The van der Waals surface area contributed by atoms with Crippen LogP contribution < -0.4 is 10.2 Å². The molecule has 2 N–H and O–H groups in total. The highest BCUT2D eigenvalue weighted by Gasteiger charge is 2.32. The Morgan fingerprint density at radius 3 is 2.65 bits per heavy atom. The van der Waals surface area contributed by atoms with Gasteiger partial charge in [0.1, 0.15) is 5.82 Å². The van der Waals surface area contributed by atoms with Crippen LogP contribution in [0.5, 0.6) is 0 Å². The summed E-state index contributed by atoms with van der Waals surface area (Å²) in [6.07, 6.45) is 1.72. The summed E-state index contributed by atoms with van der Waals surface area (Å²) < 4.78 is 4.38. The van der Waals surface area contributed by atoms with Crippen molar-refractivity contribution in [3.63, 3.8) is 0 Å². The maximum absolute atomic E-state index is 10.5. The minimum absolute atomic E-state index is 0. The lowest BCUT2D eigenvalue weighted by Crippen LogP contribution is -2.53. The number of hydrogen-bond acceptors (Lipinski definition) is 7. The van der Waals surface area contributed by atoms with Crippen LogP contribution in [0.25, 0.3) is 0 Å². The van der Waals surface area contributed by atoms with E-state index in [1.54, 1.807) is 0 Å². The van der Waals surface area contributed by atoms with Crippen molar-refractivity contribution in [2.24, 2.45) is 4.99 Å². The molecule has 2 aliphatic rings. The van der Waals surface area contributed by atoms with E-state index in [1.807, 2.05) is 11.8 Å². The van der Waals surface area contributed by atoms with E-state index in [2.05, 4.69) is 38.3 Å². The molecule has 3 heterocycles. The van der Waals surface area contributed by atoms with Crippen LogP contribution in [0.15, 0.2) is 4.99 Å². The van der Waals surface area contributed by atoms with Crippen molar-refractivity contribution in [2.45, 2.75) is 32.3 Å². The highest BCUT2D eigenvalue weighted by molar-refractivity contribution is 14.0. The van der Waals surface area contributed by atoms with E-state index in [0.717, 1.165) is 74.0 Å². The fourth-order valence-electron chi connectivity index (χ4n) is 3.00. The van der Waals surface area contributed by atoms with Crippen LogP contribution in [0.3, 0.4) is 0 Å². The Morgan fingerprint density at radius 1 is 1.31 bits per heavy atom. The molecule has 0 aliphatic carbocycles. The number of aliphatic imine (C=N–C) groups is 1. The van der Waals surface area contributed by atoms with Gasteiger partial charge in [-0.2, -0.15) is 16.1 Å². The van der Waals surface area contributed by atoms with Gasteiger partial charge in [0.25, 0.3) is 0 Å². The Bertz CT molecular complexity index is 585. The number of nitrogens with one attached hydrogen (secondary N) is 1. The van der Waals surface area contributed by atoms with Gasteiger partial charge in [-0.25, -0.2) is 4.98 Å². The molecule has 7 nitrogen and oxygen atoms in total. The summed E-state index contributed by atoms with van der Waals surface area (Å²) in [4.78, 5) is 13.9. The smallest absolute Gasteiger partial charge is 0.205 e. The molecule has 1 aromatic heterocycles. The lowest BCUT2D eigenvalue weighted by molar-refractivity contribution is 0.0775. The van der Waals surface area contributed by atoms with Gasteiger partial charge in [0, 0.05) is 56.4 Å². The summed E-state index contributed by atoms with van der Waals surface area (Å²) in [5.74, 6) is 3.67. The van der Waals surface area contributed by atoms with E-state index in [-0.39, 0.29) is 24.0 Å². The summed E-state index contributed by atoms with van der Waals surface area (Å²) >= 11 is 3.30. The number of rotatable bonds is 5. The van der Waals surface area contributed by atoms with Crippen molar-refractivity contribution >= 4 is 58.4 Å². The number of anilines is 1. The number of piperazine rings is 1. The molecule has 1 unspecified atom stereocenters. The minimum atomic E-state index is -0.629. The Balaban J connectivity index is 0.00000243. The molecule has 3 rings (SSSR count). The SMILES string of the molecule is CCNC(=NCC1(O)CCSC1)N1CCN(c2nc(CC)ns2)CC1.I. The monoisotopic (exact) mass is 512 g/mol. The first-order valence-corrected chi connectivity index (χ1v) is 11.0. The quantitative estimate of drug-likeness (QED) is 0.353. The molecule has 1 aromatic rings. The van der Waals surface area contributed by atoms with Crippen molar-refractivity contribution in [2.75, 3.05) is 55.7 Å². The van der Waals surface area contributed by atoms with Gasteiger partial charge in [-0.1, -0.05) is 6.92 Å². The summed E-state index contributed by atoms with van der Waals surface area (Å²) in [7, 11) is 0. The number of guanidine groups is 1. The third-order valence-electron chi connectivity index (χ3n) is 4.56. The van der Waals surface area contributed by atoms with Crippen LogP contribution in [0.1, 0.15) is 26.1 Å². The van der Waals surface area contributed by atoms with Gasteiger partial charge in [-0.05, 0) is 19.1 Å². The fourth-order valence-corrected chi connectivity index (χ4v) is 5.08. The van der Waals surface area contributed by atoms with E-state index in [0.29, 0.717) is 6.54 Å². The first-order chi connectivity index (χ1) is 12.1. The van der Waals surface area contributed by atoms with Gasteiger partial charge in [0.05, 0.1) is 12.1 Å². The van der Waals surface area contributed by atoms with Crippen LogP contribution in [0.2, 0.25) is 0 Å². The molecule has 0 radical (unpaired) electrons. The van der Waals surface area contributed by atoms with Gasteiger partial charge in [-0.3, -0.25) is 4.99 Å². The van der Waals surface area contributed by atoms with E-state index in [9.17, 15) is 5.11 Å². The molecule has 2 fully saturated rings. The van der Waals surface area contributed by atoms with Gasteiger partial charge in [-0.15, -0.1) is 24.0 Å². The van der Waals surface area contributed by atoms with E-state index in [1.165, 1.54) is 11.5 Å². The number of halogens is 1. The average molecular weight is 512 g/mol. The number of nitrogens with zero attached hydrogens (tertiary/aromatic N) is 5. The predicted molar refractivity (Wildman–Crippen MR) is 121 cm³/mol. The number of aliphatic hydroxyl groups is 1. The van der Waals surface area contributed by atoms with E-state index >= 15 is 0 Å². The number of aryl methyl sites for hydroxylation is 1. The normalized spacial score (nSPS) is 23.9. The molecule has 2 aliphatic heterocycles. The maximum Gasteiger partial charge on any atom is 0.205 e. The third-order valence-corrected chi connectivity index (χ3v) is 6.61. The van der Waals surface area contributed by atoms with Gasteiger partial charge >= 0.3 is 0 Å². The molecule has 2 saturated heterocycles. The van der Waals surface area contributed by atoms with Crippen molar-refractivity contribution in [3.8, 4) is 0 Å². The number of thioether (sulfide) groups is 1. The summed E-state index contributed by atoms with van der Waals surface area (Å²) in [5, 5.41) is 14.9. The van der Waals surface area contributed by atoms with Crippen molar-refractivity contribution in [1.82, 2.24) is 19.6 Å². The highest BCUT2D eigenvalue weighted by Crippen LogP contribution is 2.28. The molecule has 0 amide bonds. The number of aromatic nitrogens is 2. The Labute approximate surface area is 181 Å². The predicted octanol–water partition coefficient (Wildman–Crippen LogP) is 1.67. The van der Waals surface area contributed by atoms with Crippen LogP contribution in [-0.2, 0) is 6.42 Å². The zero-order valence-corrected chi connectivity index (χ0v) is 19.4. The summed E-state index contributed by atoms with van der Waals surface area (Å²) in [6.45, 7) is 9.13. The van der Waals surface area contributed by atoms with Crippen LogP contribution in [0, 0.1) is 0 Å². The molecular formula is C16H29IN6OS2. The van der Waals surface area contributed by atoms with Gasteiger partial charge in [0.15, 0.2) is 5.96 Å². The zero-order valence-electron chi connectivity index (χ0n) is 15.5. The average Bonchev–Trinajstić information content (AvgIpc) is 3.28. The lowest BCUT2D eigenvalue weighted by Gasteiger charge is -2.36. The second-order valence-corrected chi connectivity index (χ2v) is 8.35. The van der Waals surface area contributed by atoms with Crippen molar-refractivity contribution < 1.29 is 5.11 Å². The largest absolute Gasteiger partial charge is 0.387 e. The van der Waals surface area contributed by atoms with Crippen molar-refractivity contribution in [3.05, 3.63) is 5.82 Å². The van der Waals surface area contributed by atoms with Gasteiger partial charge < -0.3 is 20.2 Å². The molecule has 0 aromatic carbocycles. The molecule has 1 atom stereocenters. The fraction of sp³-hybridized carbons (Fsp3) is 0.812. The first-order valence-electron chi connectivity index (χ1n) is 9.04. The molecule has 0 saturated carbocycles. The van der Waals surface area contributed by atoms with Crippen LogP contribution >= 0.6 is 47.3 Å². The maximum atomic E-state index is 10.5. The first kappa shape index (κ1) is 22.0. The lowest BCUT2D eigenvalue weighted by atomic mass is 10.0. The second kappa shape index (κ2) is 10.3. The van der Waals surface area contributed by atoms with Crippen LogP contribution in [-0.4, -0.2) is 81.7 Å². The molecular weight excluding hydrogens is 483 g/mol. The second-order valence-electron chi connectivity index (χ2n) is 6.52. The van der Waals surface area contributed by atoms with E-state index < -0.39 is 5.60 Å². The number of hydrogen-bond donors (Lipinski definition) is 2. The Morgan fingerprint density at radius 2 is 2.08 bits per heavy atom. The third kappa shape index (κ3) is 5.59. The summed E-state index contributed by atoms with van der Waals surface area (Å²) in [5.41, 5.74) is -0.629. The zero-order chi connectivity index (χ0) is 17.7. The highest BCUT2D eigenvalue weighted by atomic mass is 127. The minimum Gasteiger partial charge on any atom is -0.387 e. The molecule has 0 bridgehead atoms. The van der Waals surface area contributed by atoms with Crippen LogP contribution in [0.4, 0.5) is 5.13 Å².